The van der Waals surface area contributed by atoms with Crippen molar-refractivity contribution < 1.29 is 19.6 Å². The number of ether oxygens (including phenoxy) is 1. The predicted molar refractivity (Wildman–Crippen MR) is 87.8 cm³/mol. The average Bonchev–Trinajstić information content (AvgIpc) is 2.85. The molecule has 1 N–H and O–H groups in total. The highest BCUT2D eigenvalue weighted by Gasteiger charge is 2.24. The fourth-order valence-electron chi connectivity index (χ4n) is 2.75. The first-order valence-electron chi connectivity index (χ1n) is 7.18. The van der Waals surface area contributed by atoms with Gasteiger partial charge in [-0.25, -0.2) is 4.79 Å². The van der Waals surface area contributed by atoms with Gasteiger partial charge in [-0.15, -0.1) is 0 Å². The summed E-state index contributed by atoms with van der Waals surface area (Å²) in [5.74, 6) is -0.745. The molecule has 0 aliphatic carbocycles. The number of carboxylic acid groups (broad SMARTS) is 1. The first kappa shape index (κ1) is 15.5. The second-order valence-electron chi connectivity index (χ2n) is 5.22. The number of para-hydroxylation sites is 1. The zero-order chi connectivity index (χ0) is 17.3. The van der Waals surface area contributed by atoms with Crippen molar-refractivity contribution in [3.05, 3.63) is 64.3 Å². The Morgan fingerprint density at radius 2 is 1.96 bits per heavy atom. The molecule has 0 aliphatic heterocycles. The van der Waals surface area contributed by atoms with E-state index in [2.05, 4.69) is 0 Å². The maximum Gasteiger partial charge on any atom is 0.341 e. The van der Waals surface area contributed by atoms with Crippen molar-refractivity contribution in [2.24, 2.45) is 0 Å². The minimum Gasteiger partial charge on any atom is -0.482 e. The lowest BCUT2D eigenvalue weighted by molar-refractivity contribution is -0.383. The molecule has 1 aromatic heterocycles. The van der Waals surface area contributed by atoms with E-state index < -0.39 is 17.5 Å². The monoisotopic (exact) mass is 326 g/mol. The lowest BCUT2D eigenvalue weighted by atomic mass is 10.2. The van der Waals surface area contributed by atoms with E-state index in [1.165, 1.54) is 6.07 Å². The third kappa shape index (κ3) is 2.67. The Morgan fingerprint density at radius 3 is 2.58 bits per heavy atom. The number of benzene rings is 2. The summed E-state index contributed by atoms with van der Waals surface area (Å²) in [6.07, 6.45) is 0. The van der Waals surface area contributed by atoms with Crippen LogP contribution in [0, 0.1) is 17.0 Å². The Morgan fingerprint density at radius 1 is 1.25 bits per heavy atom. The second-order valence-corrected chi connectivity index (χ2v) is 5.22. The maximum absolute atomic E-state index is 11.5. The number of hydrogen-bond donors (Lipinski definition) is 1. The molecule has 3 rings (SSSR count). The molecule has 1 heterocycles. The normalized spacial score (nSPS) is 10.7. The summed E-state index contributed by atoms with van der Waals surface area (Å²) in [6, 6.07) is 14.0. The highest BCUT2D eigenvalue weighted by molar-refractivity contribution is 5.94. The third-order valence-electron chi connectivity index (χ3n) is 3.70. The molecule has 0 fully saturated rings. The van der Waals surface area contributed by atoms with Crippen LogP contribution >= 0.6 is 0 Å². The van der Waals surface area contributed by atoms with Gasteiger partial charge in [-0.2, -0.15) is 0 Å². The Balaban J connectivity index is 2.24. The van der Waals surface area contributed by atoms with Crippen LogP contribution in [0.15, 0.2) is 48.5 Å². The summed E-state index contributed by atoms with van der Waals surface area (Å²) in [4.78, 5) is 21.7. The van der Waals surface area contributed by atoms with E-state index in [9.17, 15) is 14.9 Å². The van der Waals surface area contributed by atoms with Crippen LogP contribution in [0.4, 0.5) is 5.69 Å². The van der Waals surface area contributed by atoms with E-state index in [1.807, 2.05) is 30.3 Å². The fraction of sp³-hybridized carbons (Fsp3) is 0.118. The molecular weight excluding hydrogens is 312 g/mol. The number of aromatic nitrogens is 1. The van der Waals surface area contributed by atoms with Gasteiger partial charge < -0.3 is 14.4 Å². The molecule has 0 atom stereocenters. The third-order valence-corrected chi connectivity index (χ3v) is 3.70. The first-order chi connectivity index (χ1) is 11.5. The molecule has 0 saturated heterocycles. The molecule has 0 unspecified atom stereocenters. The largest absolute Gasteiger partial charge is 0.482 e. The number of nitrogens with zero attached hydrogens (tertiary/aromatic N) is 2. The van der Waals surface area contributed by atoms with Crippen LogP contribution in [0.5, 0.6) is 5.75 Å². The number of carboxylic acids is 1. The molecule has 0 radical (unpaired) electrons. The van der Waals surface area contributed by atoms with Crippen molar-refractivity contribution >= 4 is 22.6 Å². The van der Waals surface area contributed by atoms with E-state index >= 15 is 0 Å². The Bertz CT molecular complexity index is 931. The smallest absolute Gasteiger partial charge is 0.341 e. The summed E-state index contributed by atoms with van der Waals surface area (Å²) in [5, 5.41) is 20.7. The zero-order valence-corrected chi connectivity index (χ0v) is 12.8. The number of hydrogen-bond acceptors (Lipinski definition) is 4. The molecule has 0 saturated carbocycles. The van der Waals surface area contributed by atoms with Crippen molar-refractivity contribution in [3.63, 3.8) is 0 Å². The van der Waals surface area contributed by atoms with Gasteiger partial charge in [-0.3, -0.25) is 10.1 Å². The van der Waals surface area contributed by atoms with Crippen LogP contribution in [-0.2, 0) is 4.79 Å². The van der Waals surface area contributed by atoms with E-state index in [4.69, 9.17) is 9.84 Å². The van der Waals surface area contributed by atoms with Crippen LogP contribution in [0.25, 0.3) is 16.6 Å². The summed E-state index contributed by atoms with van der Waals surface area (Å²) < 4.78 is 6.96. The minimum atomic E-state index is -1.09. The fourth-order valence-corrected chi connectivity index (χ4v) is 2.75. The van der Waals surface area contributed by atoms with Crippen LogP contribution in [0.2, 0.25) is 0 Å². The van der Waals surface area contributed by atoms with Gasteiger partial charge in [0, 0.05) is 11.8 Å². The lowest BCUT2D eigenvalue weighted by Crippen LogP contribution is -2.09. The van der Waals surface area contributed by atoms with Gasteiger partial charge in [0.25, 0.3) is 5.69 Å². The van der Waals surface area contributed by atoms with Crippen molar-refractivity contribution in [3.8, 4) is 11.4 Å². The topological polar surface area (TPSA) is 94.6 Å². The Kier molecular flexibility index (Phi) is 3.91. The van der Waals surface area contributed by atoms with Gasteiger partial charge >= 0.3 is 5.97 Å². The number of aliphatic carboxylic acids is 1. The highest BCUT2D eigenvalue weighted by Crippen LogP contribution is 2.36. The molecule has 24 heavy (non-hydrogen) atoms. The molecule has 122 valence electrons. The molecule has 0 amide bonds. The highest BCUT2D eigenvalue weighted by atomic mass is 16.6. The summed E-state index contributed by atoms with van der Waals surface area (Å²) in [5.41, 5.74) is 1.90. The van der Waals surface area contributed by atoms with E-state index in [0.29, 0.717) is 22.3 Å². The van der Waals surface area contributed by atoms with Crippen molar-refractivity contribution in [2.45, 2.75) is 6.92 Å². The number of carbonyl (C=O) groups is 1. The quantitative estimate of drug-likeness (QED) is 0.573. The predicted octanol–water partition coefficient (Wildman–Crippen LogP) is 3.31. The van der Waals surface area contributed by atoms with Gasteiger partial charge in [0.2, 0.25) is 0 Å². The van der Waals surface area contributed by atoms with Crippen LogP contribution in [0.1, 0.15) is 5.69 Å². The van der Waals surface area contributed by atoms with Gasteiger partial charge in [0.1, 0.15) is 5.75 Å². The number of fused-ring (bicyclic) bond motifs is 1. The standard InChI is InChI=1S/C17H14N2O5/c1-11-17(19(22)23)14-8-7-13(24-10-16(20)21)9-15(14)18(11)12-5-3-2-4-6-12/h2-9H,10H2,1H3,(H,20,21). The van der Waals surface area contributed by atoms with Crippen molar-refractivity contribution in [1.82, 2.24) is 4.57 Å². The van der Waals surface area contributed by atoms with Crippen molar-refractivity contribution in [1.29, 1.82) is 0 Å². The molecule has 0 spiro atoms. The SMILES string of the molecule is Cc1c([N+](=O)[O-])c2ccc(OCC(=O)O)cc2n1-c1ccccc1. The summed E-state index contributed by atoms with van der Waals surface area (Å²) >= 11 is 0. The number of rotatable bonds is 5. The van der Waals surface area contributed by atoms with Crippen LogP contribution < -0.4 is 4.74 Å². The minimum absolute atomic E-state index is 0.0265. The van der Waals surface area contributed by atoms with Gasteiger partial charge in [0.15, 0.2) is 6.61 Å². The van der Waals surface area contributed by atoms with Crippen molar-refractivity contribution in [2.75, 3.05) is 6.61 Å². The summed E-state index contributed by atoms with van der Waals surface area (Å²) in [7, 11) is 0. The second kappa shape index (κ2) is 6.04. The molecule has 3 aromatic rings. The zero-order valence-electron chi connectivity index (χ0n) is 12.8. The van der Waals surface area contributed by atoms with Crippen LogP contribution in [-0.4, -0.2) is 27.2 Å². The molecule has 7 nitrogen and oxygen atoms in total. The average molecular weight is 326 g/mol. The van der Waals surface area contributed by atoms with Gasteiger partial charge in [-0.05, 0) is 31.2 Å². The molecule has 2 aromatic carbocycles. The lowest BCUT2D eigenvalue weighted by Gasteiger charge is -2.08. The molecular formula is C17H14N2O5. The van der Waals surface area contributed by atoms with E-state index in [1.54, 1.807) is 23.6 Å². The van der Waals surface area contributed by atoms with E-state index in [0.717, 1.165) is 5.69 Å². The van der Waals surface area contributed by atoms with Gasteiger partial charge in [-0.1, -0.05) is 18.2 Å². The number of nitro groups is 1. The summed E-state index contributed by atoms with van der Waals surface area (Å²) in [6.45, 7) is 1.21. The molecule has 0 bridgehead atoms. The van der Waals surface area contributed by atoms with Gasteiger partial charge in [0.05, 0.1) is 21.5 Å². The van der Waals surface area contributed by atoms with E-state index in [-0.39, 0.29) is 5.69 Å². The Hall–Kier alpha value is -3.35. The maximum atomic E-state index is 11.5. The molecule has 7 heteroatoms. The first-order valence-corrected chi connectivity index (χ1v) is 7.18. The Labute approximate surface area is 136 Å². The van der Waals surface area contributed by atoms with Crippen LogP contribution in [0.3, 0.4) is 0 Å². The molecule has 0 aliphatic rings.